The molecule has 1 radical (unpaired) electrons. The molecule has 77 valence electrons. The molecule has 0 aromatic heterocycles. The van der Waals surface area contributed by atoms with Gasteiger partial charge in [-0.2, -0.15) is 0 Å². The molecule has 1 fully saturated rings. The van der Waals surface area contributed by atoms with Crippen molar-refractivity contribution in [2.45, 2.75) is 64.2 Å². The van der Waals surface area contributed by atoms with E-state index in [-0.39, 0.29) is 0 Å². The molecule has 2 aliphatic carbocycles. The van der Waals surface area contributed by atoms with E-state index in [4.69, 9.17) is 0 Å². The summed E-state index contributed by atoms with van der Waals surface area (Å²) in [6.07, 6.45) is 13.7. The highest BCUT2D eigenvalue weighted by Gasteiger charge is 2.22. The topological polar surface area (TPSA) is 0 Å². The van der Waals surface area contributed by atoms with Crippen LogP contribution in [0.3, 0.4) is 0 Å². The lowest BCUT2D eigenvalue weighted by atomic mass is 9.77. The second-order valence-corrected chi connectivity index (χ2v) is 4.72. The molecule has 0 aliphatic heterocycles. The van der Waals surface area contributed by atoms with Gasteiger partial charge in [-0.15, -0.1) is 5.92 Å². The number of rotatable bonds is 1. The second kappa shape index (κ2) is 5.44. The Morgan fingerprint density at radius 1 is 0.857 bits per heavy atom. The molecule has 0 heterocycles. The Hall–Kier alpha value is -0.440. The van der Waals surface area contributed by atoms with E-state index < -0.39 is 0 Å². The smallest absolute Gasteiger partial charge is 0.0510 e. The van der Waals surface area contributed by atoms with Crippen molar-refractivity contribution in [3.63, 3.8) is 0 Å². The van der Waals surface area contributed by atoms with Gasteiger partial charge in [-0.05, 0) is 31.6 Å². The van der Waals surface area contributed by atoms with Crippen LogP contribution in [-0.2, 0) is 0 Å². The molecule has 0 heteroatoms. The van der Waals surface area contributed by atoms with Crippen molar-refractivity contribution in [1.82, 2.24) is 0 Å². The highest BCUT2D eigenvalue weighted by molar-refractivity contribution is 5.24. The third-order valence-corrected chi connectivity index (χ3v) is 3.59. The molecule has 0 nitrogen and oxygen atoms in total. The fourth-order valence-corrected chi connectivity index (χ4v) is 2.70. The van der Waals surface area contributed by atoms with Crippen molar-refractivity contribution in [2.75, 3.05) is 0 Å². The summed E-state index contributed by atoms with van der Waals surface area (Å²) in [6.45, 7) is 0. The maximum atomic E-state index is 3.46. The van der Waals surface area contributed by atoms with E-state index >= 15 is 0 Å². The van der Waals surface area contributed by atoms with Gasteiger partial charge in [0, 0.05) is 6.42 Å². The van der Waals surface area contributed by atoms with Gasteiger partial charge in [-0.25, -0.2) is 0 Å². The van der Waals surface area contributed by atoms with Gasteiger partial charge >= 0.3 is 0 Å². The normalized spacial score (nSPS) is 26.0. The van der Waals surface area contributed by atoms with Crippen molar-refractivity contribution >= 4 is 0 Å². The minimum atomic E-state index is 0.870. The Balaban J connectivity index is 1.92. The van der Waals surface area contributed by atoms with Crippen molar-refractivity contribution in [2.24, 2.45) is 5.92 Å². The predicted octanol–water partition coefficient (Wildman–Crippen LogP) is 4.11. The van der Waals surface area contributed by atoms with Crippen LogP contribution in [0, 0.1) is 23.7 Å². The fraction of sp³-hybridized carbons (Fsp3) is 0.786. The van der Waals surface area contributed by atoms with Crippen LogP contribution < -0.4 is 0 Å². The van der Waals surface area contributed by atoms with E-state index in [1.807, 2.05) is 0 Å². The van der Waals surface area contributed by atoms with Crippen molar-refractivity contribution in [1.29, 1.82) is 0 Å². The first-order chi connectivity index (χ1) is 6.97. The molecular formula is C14H21. The van der Waals surface area contributed by atoms with E-state index in [0.717, 1.165) is 12.3 Å². The lowest BCUT2D eigenvalue weighted by molar-refractivity contribution is 0.368. The fourth-order valence-electron chi connectivity index (χ4n) is 2.70. The van der Waals surface area contributed by atoms with Gasteiger partial charge in [0.15, 0.2) is 0 Å². The molecule has 0 bridgehead atoms. The standard InChI is InChI=1S/C14H21/c1-2-5-9-13(10-6-3-1)14-11-7-4-8-12-14/h14H,1-5,7-9,11-12H2. The lowest BCUT2D eigenvalue weighted by Gasteiger charge is -2.26. The summed E-state index contributed by atoms with van der Waals surface area (Å²) in [6, 6.07) is 0. The van der Waals surface area contributed by atoms with Gasteiger partial charge in [0.1, 0.15) is 0 Å². The Morgan fingerprint density at radius 3 is 2.50 bits per heavy atom. The molecule has 0 amide bonds. The lowest BCUT2D eigenvalue weighted by Crippen LogP contribution is -2.15. The van der Waals surface area contributed by atoms with Crippen molar-refractivity contribution in [3.8, 4) is 11.8 Å². The van der Waals surface area contributed by atoms with E-state index in [1.54, 1.807) is 5.92 Å². The monoisotopic (exact) mass is 189 g/mol. The van der Waals surface area contributed by atoms with Crippen LogP contribution in [0.15, 0.2) is 0 Å². The van der Waals surface area contributed by atoms with Crippen LogP contribution in [0.5, 0.6) is 0 Å². The van der Waals surface area contributed by atoms with E-state index in [0.29, 0.717) is 0 Å². The van der Waals surface area contributed by atoms with Crippen LogP contribution in [0.4, 0.5) is 0 Å². The maximum Gasteiger partial charge on any atom is 0.0510 e. The second-order valence-electron chi connectivity index (χ2n) is 4.72. The molecule has 2 aliphatic rings. The number of hydrogen-bond donors (Lipinski definition) is 0. The molecule has 2 rings (SSSR count). The van der Waals surface area contributed by atoms with Crippen LogP contribution in [-0.4, -0.2) is 0 Å². The Bertz CT molecular complexity index is 212. The zero-order valence-electron chi connectivity index (χ0n) is 9.15. The molecule has 0 unspecified atom stereocenters. The third-order valence-electron chi connectivity index (χ3n) is 3.59. The summed E-state index contributed by atoms with van der Waals surface area (Å²) < 4.78 is 0. The molecule has 0 spiro atoms. The maximum absolute atomic E-state index is 3.46. The first-order valence-corrected chi connectivity index (χ1v) is 6.31. The Labute approximate surface area is 88.5 Å². The zero-order chi connectivity index (χ0) is 9.64. The molecule has 0 atom stereocenters. The Morgan fingerprint density at radius 2 is 1.64 bits per heavy atom. The largest absolute Gasteiger partial charge is 0.103 e. The molecule has 1 saturated carbocycles. The summed E-state index contributed by atoms with van der Waals surface area (Å²) in [5.74, 6) is 9.28. The van der Waals surface area contributed by atoms with E-state index in [2.05, 4.69) is 11.8 Å². The highest BCUT2D eigenvalue weighted by Crippen LogP contribution is 2.34. The average molecular weight is 189 g/mol. The van der Waals surface area contributed by atoms with Crippen LogP contribution in [0.25, 0.3) is 0 Å². The molecule has 14 heavy (non-hydrogen) atoms. The summed E-state index contributed by atoms with van der Waals surface area (Å²) in [5.41, 5.74) is 0. The molecule has 0 aromatic carbocycles. The minimum absolute atomic E-state index is 0.870. The average Bonchev–Trinajstić information content (AvgIpc) is 2.18. The first kappa shape index (κ1) is 10.1. The quantitative estimate of drug-likeness (QED) is 0.545. The molecule has 0 N–H and O–H groups in total. The minimum Gasteiger partial charge on any atom is -0.103 e. The number of hydrogen-bond acceptors (Lipinski definition) is 0. The van der Waals surface area contributed by atoms with Gasteiger partial charge < -0.3 is 0 Å². The van der Waals surface area contributed by atoms with Gasteiger partial charge in [-0.1, -0.05) is 38.0 Å². The van der Waals surface area contributed by atoms with E-state index in [1.165, 1.54) is 57.8 Å². The SMILES string of the molecule is C1#C[C](C2CCCCC2)CCCCC1. The molecule has 0 aromatic rings. The van der Waals surface area contributed by atoms with Crippen LogP contribution in [0.2, 0.25) is 0 Å². The van der Waals surface area contributed by atoms with Gasteiger partial charge in [-0.3, -0.25) is 0 Å². The summed E-state index contributed by atoms with van der Waals surface area (Å²) in [5, 5.41) is 0. The molecular weight excluding hydrogens is 168 g/mol. The van der Waals surface area contributed by atoms with Crippen LogP contribution >= 0.6 is 0 Å². The molecule has 0 saturated heterocycles. The third kappa shape index (κ3) is 2.77. The highest BCUT2D eigenvalue weighted by atomic mass is 14.3. The van der Waals surface area contributed by atoms with Crippen molar-refractivity contribution < 1.29 is 0 Å². The van der Waals surface area contributed by atoms with Gasteiger partial charge in [0.2, 0.25) is 0 Å². The first-order valence-electron chi connectivity index (χ1n) is 6.31. The zero-order valence-corrected chi connectivity index (χ0v) is 9.15. The summed E-state index contributed by atoms with van der Waals surface area (Å²) in [4.78, 5) is 0. The summed E-state index contributed by atoms with van der Waals surface area (Å²) >= 11 is 0. The Kier molecular flexibility index (Phi) is 3.92. The predicted molar refractivity (Wildman–Crippen MR) is 60.7 cm³/mol. The summed E-state index contributed by atoms with van der Waals surface area (Å²) in [7, 11) is 0. The van der Waals surface area contributed by atoms with E-state index in [9.17, 15) is 0 Å². The van der Waals surface area contributed by atoms with Crippen LogP contribution in [0.1, 0.15) is 64.2 Å². The van der Waals surface area contributed by atoms with Gasteiger partial charge in [0.25, 0.3) is 0 Å². The van der Waals surface area contributed by atoms with Crippen molar-refractivity contribution in [3.05, 3.63) is 5.92 Å². The van der Waals surface area contributed by atoms with Gasteiger partial charge in [0.05, 0.1) is 5.92 Å².